The largest absolute Gasteiger partial charge is 0.508 e. The molecule has 6 nitrogen and oxygen atoms in total. The first-order chi connectivity index (χ1) is 17.9. The van der Waals surface area contributed by atoms with Gasteiger partial charge in [0.25, 0.3) is 0 Å². The van der Waals surface area contributed by atoms with Crippen molar-refractivity contribution in [3.05, 3.63) is 76.3 Å². The van der Waals surface area contributed by atoms with Crippen molar-refractivity contribution >= 4 is 33.4 Å². The number of nitrogens with zero attached hydrogens (tertiary/aromatic N) is 4. The maximum Gasteiger partial charge on any atom is 0.120 e. The zero-order valence-electron chi connectivity index (χ0n) is 21.9. The molecule has 0 bridgehead atoms. The third kappa shape index (κ3) is 5.99. The van der Waals surface area contributed by atoms with Crippen LogP contribution in [0.25, 0.3) is 21.8 Å². The predicted octanol–water partition coefficient (Wildman–Crippen LogP) is 5.03. The van der Waals surface area contributed by atoms with Crippen LogP contribution in [0.4, 0.5) is 0 Å². The van der Waals surface area contributed by atoms with Crippen molar-refractivity contribution < 1.29 is 9.84 Å². The Morgan fingerprint density at radius 2 is 1.70 bits per heavy atom. The van der Waals surface area contributed by atoms with E-state index in [1.807, 2.05) is 36.4 Å². The molecule has 0 unspecified atom stereocenters. The molecule has 0 spiro atoms. The first kappa shape index (κ1) is 25.7. The van der Waals surface area contributed by atoms with E-state index < -0.39 is 0 Å². The van der Waals surface area contributed by atoms with Crippen LogP contribution in [-0.4, -0.2) is 85.3 Å². The first-order valence-corrected chi connectivity index (χ1v) is 13.2. The molecule has 0 amide bonds. The van der Waals surface area contributed by atoms with Gasteiger partial charge in [-0.2, -0.15) is 0 Å². The molecule has 1 fully saturated rings. The molecule has 1 aliphatic heterocycles. The van der Waals surface area contributed by atoms with E-state index in [2.05, 4.69) is 47.0 Å². The number of likely N-dealkylation sites (N-methyl/N-ethyl adjacent to an activating group) is 1. The monoisotopic (exact) mass is 518 g/mol. The normalized spacial score (nSPS) is 15.2. The summed E-state index contributed by atoms with van der Waals surface area (Å²) >= 11 is 6.30. The van der Waals surface area contributed by atoms with Crippen LogP contribution in [0, 0.1) is 0 Å². The molecular weight excluding hydrogens is 484 g/mol. The fourth-order valence-corrected chi connectivity index (χ4v) is 5.30. The minimum atomic E-state index is 0.358. The number of aromatic nitrogens is 1. The number of fused-ring (bicyclic) bond motifs is 2. The molecule has 2 heterocycles. The van der Waals surface area contributed by atoms with E-state index in [0.29, 0.717) is 10.8 Å². The van der Waals surface area contributed by atoms with E-state index >= 15 is 0 Å². The van der Waals surface area contributed by atoms with Gasteiger partial charge in [-0.05, 0) is 68.0 Å². The van der Waals surface area contributed by atoms with Crippen LogP contribution in [0.5, 0.6) is 11.5 Å². The van der Waals surface area contributed by atoms with E-state index in [0.717, 1.165) is 90.9 Å². The van der Waals surface area contributed by atoms with Crippen LogP contribution in [0.3, 0.4) is 0 Å². The Bertz CT molecular complexity index is 1400. The Balaban J connectivity index is 1.41. The summed E-state index contributed by atoms with van der Waals surface area (Å²) in [6.07, 6.45) is 0.718. The maximum atomic E-state index is 10.7. The van der Waals surface area contributed by atoms with Gasteiger partial charge >= 0.3 is 0 Å². The van der Waals surface area contributed by atoms with Gasteiger partial charge in [-0.1, -0.05) is 29.8 Å². The lowest BCUT2D eigenvalue weighted by Crippen LogP contribution is -2.47. The molecule has 0 saturated carbocycles. The molecule has 1 aromatic heterocycles. The molecule has 3 aromatic carbocycles. The number of rotatable bonds is 8. The van der Waals surface area contributed by atoms with Gasteiger partial charge in [0.15, 0.2) is 0 Å². The van der Waals surface area contributed by atoms with E-state index in [1.165, 1.54) is 5.56 Å². The molecule has 4 aromatic rings. The first-order valence-electron chi connectivity index (χ1n) is 12.9. The van der Waals surface area contributed by atoms with E-state index in [-0.39, 0.29) is 0 Å². The molecule has 0 radical (unpaired) electrons. The SMILES string of the molecule is COc1ccc2nc3cc(Cl)ccc3c(Cc3ccc(O)c(CN4CCN(CCN(C)C)CC4)c3)c2c1. The summed E-state index contributed by atoms with van der Waals surface area (Å²) in [5, 5.41) is 13.5. The number of ether oxygens (including phenoxy) is 1. The summed E-state index contributed by atoms with van der Waals surface area (Å²) in [4.78, 5) is 12.1. The van der Waals surface area contributed by atoms with Crippen molar-refractivity contribution in [3.8, 4) is 11.5 Å². The van der Waals surface area contributed by atoms with E-state index in [1.54, 1.807) is 7.11 Å². The summed E-state index contributed by atoms with van der Waals surface area (Å²) < 4.78 is 5.52. The fourth-order valence-electron chi connectivity index (χ4n) is 5.13. The smallest absolute Gasteiger partial charge is 0.120 e. The third-order valence-electron chi connectivity index (χ3n) is 7.30. The Morgan fingerprint density at radius 1 is 0.919 bits per heavy atom. The Morgan fingerprint density at radius 3 is 2.46 bits per heavy atom. The van der Waals surface area contributed by atoms with Gasteiger partial charge in [0.2, 0.25) is 0 Å². The van der Waals surface area contributed by atoms with Crippen molar-refractivity contribution in [3.63, 3.8) is 0 Å². The van der Waals surface area contributed by atoms with Crippen LogP contribution in [0.15, 0.2) is 54.6 Å². The minimum Gasteiger partial charge on any atom is -0.508 e. The maximum absolute atomic E-state index is 10.7. The average Bonchev–Trinajstić information content (AvgIpc) is 2.89. The van der Waals surface area contributed by atoms with Crippen LogP contribution < -0.4 is 4.74 Å². The van der Waals surface area contributed by atoms with Gasteiger partial charge in [0.1, 0.15) is 11.5 Å². The number of benzene rings is 3. The molecule has 0 atom stereocenters. The molecule has 194 valence electrons. The zero-order valence-corrected chi connectivity index (χ0v) is 22.6. The summed E-state index contributed by atoms with van der Waals surface area (Å²) in [6, 6.07) is 17.9. The fraction of sp³-hybridized carbons (Fsp3) is 0.367. The molecule has 5 rings (SSSR count). The number of hydrogen-bond donors (Lipinski definition) is 1. The molecule has 37 heavy (non-hydrogen) atoms. The number of phenols is 1. The number of halogens is 1. The number of methoxy groups -OCH3 is 1. The topological polar surface area (TPSA) is 52.1 Å². The number of piperazine rings is 1. The van der Waals surface area contributed by atoms with Gasteiger partial charge in [-0.3, -0.25) is 9.80 Å². The van der Waals surface area contributed by atoms with Gasteiger partial charge in [0.05, 0.1) is 18.1 Å². The average molecular weight is 519 g/mol. The number of phenolic OH excluding ortho intramolecular Hbond substituents is 1. The highest BCUT2D eigenvalue weighted by Gasteiger charge is 2.19. The highest BCUT2D eigenvalue weighted by Crippen LogP contribution is 2.33. The predicted molar refractivity (Wildman–Crippen MR) is 152 cm³/mol. The molecule has 1 N–H and O–H groups in total. The summed E-state index contributed by atoms with van der Waals surface area (Å²) in [5.41, 5.74) is 5.11. The lowest BCUT2D eigenvalue weighted by atomic mass is 9.95. The quantitative estimate of drug-likeness (QED) is 0.330. The molecule has 1 aliphatic rings. The van der Waals surface area contributed by atoms with Crippen molar-refractivity contribution in [2.75, 3.05) is 60.5 Å². The number of hydrogen-bond acceptors (Lipinski definition) is 6. The second kappa shape index (κ2) is 11.2. The van der Waals surface area contributed by atoms with Gasteiger partial charge < -0.3 is 14.7 Å². The van der Waals surface area contributed by atoms with Gasteiger partial charge in [0, 0.05) is 67.2 Å². The minimum absolute atomic E-state index is 0.358. The Kier molecular flexibility index (Phi) is 7.81. The lowest BCUT2D eigenvalue weighted by molar-refractivity contribution is 0.120. The summed E-state index contributed by atoms with van der Waals surface area (Å²) in [5.74, 6) is 1.16. The number of pyridine rings is 1. The van der Waals surface area contributed by atoms with Crippen molar-refractivity contribution in [2.45, 2.75) is 13.0 Å². The highest BCUT2D eigenvalue weighted by atomic mass is 35.5. The van der Waals surface area contributed by atoms with Crippen molar-refractivity contribution in [2.24, 2.45) is 0 Å². The molecular formula is C30H35ClN4O2. The van der Waals surface area contributed by atoms with Crippen molar-refractivity contribution in [1.82, 2.24) is 19.7 Å². The van der Waals surface area contributed by atoms with Crippen LogP contribution in [0.1, 0.15) is 16.7 Å². The zero-order chi connectivity index (χ0) is 25.9. The Labute approximate surface area is 224 Å². The molecule has 7 heteroatoms. The summed E-state index contributed by atoms with van der Waals surface area (Å²) in [7, 11) is 5.92. The van der Waals surface area contributed by atoms with E-state index in [9.17, 15) is 5.11 Å². The second-order valence-corrected chi connectivity index (χ2v) is 10.6. The second-order valence-electron chi connectivity index (χ2n) is 10.2. The summed E-state index contributed by atoms with van der Waals surface area (Å²) in [6.45, 7) is 7.09. The van der Waals surface area contributed by atoms with Crippen LogP contribution in [-0.2, 0) is 13.0 Å². The Hall–Kier alpha value is -2.90. The molecule has 0 aliphatic carbocycles. The van der Waals surface area contributed by atoms with Crippen LogP contribution in [0.2, 0.25) is 5.02 Å². The molecule has 1 saturated heterocycles. The van der Waals surface area contributed by atoms with Gasteiger partial charge in [-0.25, -0.2) is 4.98 Å². The number of aromatic hydroxyl groups is 1. The van der Waals surface area contributed by atoms with Gasteiger partial charge in [-0.15, -0.1) is 0 Å². The van der Waals surface area contributed by atoms with Crippen molar-refractivity contribution in [1.29, 1.82) is 0 Å². The van der Waals surface area contributed by atoms with Crippen LogP contribution >= 0.6 is 11.6 Å². The third-order valence-corrected chi connectivity index (χ3v) is 7.54. The van der Waals surface area contributed by atoms with E-state index in [4.69, 9.17) is 21.3 Å². The standard InChI is InChI=1S/C30H35ClN4O2/c1-33(2)10-11-34-12-14-35(15-13-34)20-22-16-21(4-9-30(22)36)17-26-25-7-5-23(31)18-29(25)32-28-8-6-24(37-3)19-27(26)28/h4-9,16,18-19,36H,10-15,17,20H2,1-3H3. The lowest BCUT2D eigenvalue weighted by Gasteiger charge is -2.35. The highest BCUT2D eigenvalue weighted by molar-refractivity contribution is 6.31.